The highest BCUT2D eigenvalue weighted by atomic mass is 16.5. The number of ether oxygens (including phenoxy) is 1. The van der Waals surface area contributed by atoms with Gasteiger partial charge in [0.15, 0.2) is 0 Å². The molecule has 1 aromatic rings. The highest BCUT2D eigenvalue weighted by Gasteiger charge is 2.34. The molecular formula is C17H26O2. The summed E-state index contributed by atoms with van der Waals surface area (Å²) in [5.41, 5.74) is 2.25. The van der Waals surface area contributed by atoms with Gasteiger partial charge in [-0.25, -0.2) is 0 Å². The average Bonchev–Trinajstić information content (AvgIpc) is 2.46. The lowest BCUT2D eigenvalue weighted by Crippen LogP contribution is -2.30. The zero-order valence-corrected chi connectivity index (χ0v) is 12.8. The first-order chi connectivity index (χ1) is 8.96. The van der Waals surface area contributed by atoms with Crippen molar-refractivity contribution < 1.29 is 9.53 Å². The molecule has 2 atom stereocenters. The first kappa shape index (κ1) is 15.7. The molecule has 1 aromatic carbocycles. The molecule has 0 N–H and O–H groups in total. The van der Waals surface area contributed by atoms with Crippen LogP contribution in [0.5, 0.6) is 0 Å². The van der Waals surface area contributed by atoms with Crippen LogP contribution in [-0.4, -0.2) is 13.1 Å². The molecule has 0 saturated carbocycles. The Bertz CT molecular complexity index is 408. The predicted molar refractivity (Wildman–Crippen MR) is 79.3 cm³/mol. The van der Waals surface area contributed by atoms with E-state index in [0.29, 0.717) is 5.92 Å². The van der Waals surface area contributed by atoms with Crippen LogP contribution in [0.2, 0.25) is 0 Å². The van der Waals surface area contributed by atoms with E-state index in [-0.39, 0.29) is 5.97 Å². The van der Waals surface area contributed by atoms with Crippen molar-refractivity contribution >= 4 is 5.97 Å². The van der Waals surface area contributed by atoms with E-state index in [1.165, 1.54) is 18.2 Å². The summed E-state index contributed by atoms with van der Waals surface area (Å²) < 4.78 is 4.94. The van der Waals surface area contributed by atoms with Crippen molar-refractivity contribution in [2.24, 2.45) is 5.41 Å². The van der Waals surface area contributed by atoms with Gasteiger partial charge >= 0.3 is 5.97 Å². The molecule has 2 nitrogen and oxygen atoms in total. The van der Waals surface area contributed by atoms with Crippen LogP contribution in [0.1, 0.15) is 57.6 Å². The molecule has 0 aromatic heterocycles. The number of carbonyl (C=O) groups excluding carboxylic acids is 1. The summed E-state index contributed by atoms with van der Waals surface area (Å²) in [7, 11) is 1.47. The minimum absolute atomic E-state index is 0.105. The highest BCUT2D eigenvalue weighted by molar-refractivity contribution is 5.76. The summed E-state index contributed by atoms with van der Waals surface area (Å²) in [6.45, 7) is 8.38. The van der Waals surface area contributed by atoms with Crippen LogP contribution in [0.25, 0.3) is 0 Å². The molecule has 0 aliphatic rings. The van der Waals surface area contributed by atoms with Crippen molar-refractivity contribution in [2.75, 3.05) is 7.11 Å². The van der Waals surface area contributed by atoms with Gasteiger partial charge in [-0.05, 0) is 43.2 Å². The number of esters is 1. The first-order valence-electron chi connectivity index (χ1n) is 7.14. The van der Waals surface area contributed by atoms with Crippen molar-refractivity contribution in [3.63, 3.8) is 0 Å². The van der Waals surface area contributed by atoms with Gasteiger partial charge in [-0.15, -0.1) is 0 Å². The Balaban J connectivity index is 2.81. The molecule has 1 rings (SSSR count). The van der Waals surface area contributed by atoms with Gasteiger partial charge in [0.1, 0.15) is 0 Å². The molecule has 0 aliphatic heterocycles. The predicted octanol–water partition coefficient (Wildman–Crippen LogP) is 4.33. The summed E-state index contributed by atoms with van der Waals surface area (Å²) in [6.07, 6.45) is 2.68. The van der Waals surface area contributed by atoms with Gasteiger partial charge in [-0.2, -0.15) is 0 Å². The van der Waals surface area contributed by atoms with E-state index in [1.54, 1.807) is 0 Å². The molecule has 0 radical (unpaired) electrons. The lowest BCUT2D eigenvalue weighted by atomic mass is 9.77. The summed E-state index contributed by atoms with van der Waals surface area (Å²) in [6, 6.07) is 8.70. The fourth-order valence-corrected chi connectivity index (χ4v) is 2.49. The smallest absolute Gasteiger partial charge is 0.311 e. The van der Waals surface area contributed by atoms with Crippen LogP contribution >= 0.6 is 0 Å². The van der Waals surface area contributed by atoms with Crippen molar-refractivity contribution in [1.29, 1.82) is 0 Å². The van der Waals surface area contributed by atoms with Crippen LogP contribution in [0, 0.1) is 5.41 Å². The Hall–Kier alpha value is -1.31. The van der Waals surface area contributed by atoms with E-state index >= 15 is 0 Å². The molecule has 106 valence electrons. The molecule has 0 bridgehead atoms. The molecule has 0 fully saturated rings. The first-order valence-corrected chi connectivity index (χ1v) is 7.14. The number of benzene rings is 1. The third-order valence-electron chi connectivity index (χ3n) is 4.17. The summed E-state index contributed by atoms with van der Waals surface area (Å²) in [4.78, 5) is 11.9. The van der Waals surface area contributed by atoms with Crippen LogP contribution < -0.4 is 0 Å². The quantitative estimate of drug-likeness (QED) is 0.713. The summed E-state index contributed by atoms with van der Waals surface area (Å²) >= 11 is 0. The van der Waals surface area contributed by atoms with Crippen LogP contribution in [0.4, 0.5) is 0 Å². The lowest BCUT2D eigenvalue weighted by Gasteiger charge is -2.28. The van der Waals surface area contributed by atoms with Crippen molar-refractivity contribution in [2.45, 2.75) is 52.9 Å². The van der Waals surface area contributed by atoms with E-state index in [4.69, 9.17) is 4.74 Å². The van der Waals surface area contributed by atoms with E-state index in [9.17, 15) is 4.79 Å². The SMILES string of the molecule is CCc1ccc(C(C)CC(C)(CC)C(=O)OC)cc1. The Morgan fingerprint density at radius 2 is 1.84 bits per heavy atom. The second kappa shape index (κ2) is 6.74. The maximum atomic E-state index is 11.9. The van der Waals surface area contributed by atoms with Crippen LogP contribution in [-0.2, 0) is 16.0 Å². The molecule has 0 saturated heterocycles. The monoisotopic (exact) mass is 262 g/mol. The van der Waals surface area contributed by atoms with Gasteiger partial charge in [-0.3, -0.25) is 4.79 Å². The zero-order chi connectivity index (χ0) is 14.5. The van der Waals surface area contributed by atoms with E-state index in [0.717, 1.165) is 19.3 Å². The normalized spacial score (nSPS) is 15.6. The fourth-order valence-electron chi connectivity index (χ4n) is 2.49. The molecule has 19 heavy (non-hydrogen) atoms. The van der Waals surface area contributed by atoms with Gasteiger partial charge < -0.3 is 4.74 Å². The average molecular weight is 262 g/mol. The van der Waals surface area contributed by atoms with Crippen LogP contribution in [0.3, 0.4) is 0 Å². The Labute approximate surface area is 117 Å². The number of aryl methyl sites for hydroxylation is 1. The maximum Gasteiger partial charge on any atom is 0.311 e. The number of methoxy groups -OCH3 is 1. The standard InChI is InChI=1S/C17H26O2/c1-6-14-8-10-15(11-9-14)13(3)12-17(4,7-2)16(18)19-5/h8-11,13H,6-7,12H2,1-5H3. The van der Waals surface area contributed by atoms with E-state index in [1.807, 2.05) is 13.8 Å². The number of hydrogen-bond acceptors (Lipinski definition) is 2. The Morgan fingerprint density at radius 3 is 2.26 bits per heavy atom. The minimum Gasteiger partial charge on any atom is -0.469 e. The third-order valence-corrected chi connectivity index (χ3v) is 4.17. The molecule has 0 amide bonds. The molecule has 0 spiro atoms. The molecular weight excluding hydrogens is 236 g/mol. The number of hydrogen-bond donors (Lipinski definition) is 0. The van der Waals surface area contributed by atoms with Gasteiger partial charge in [0.2, 0.25) is 0 Å². The lowest BCUT2D eigenvalue weighted by molar-refractivity contribution is -0.152. The fraction of sp³-hybridized carbons (Fsp3) is 0.588. The van der Waals surface area contributed by atoms with Crippen molar-refractivity contribution in [3.05, 3.63) is 35.4 Å². The van der Waals surface area contributed by atoms with Gasteiger partial charge in [0.05, 0.1) is 12.5 Å². The third kappa shape index (κ3) is 3.82. The highest BCUT2D eigenvalue weighted by Crippen LogP contribution is 2.35. The number of carbonyl (C=O) groups is 1. The zero-order valence-electron chi connectivity index (χ0n) is 12.8. The minimum atomic E-state index is -0.391. The molecule has 2 unspecified atom stereocenters. The van der Waals surface area contributed by atoms with Gasteiger partial charge in [0.25, 0.3) is 0 Å². The second-order valence-electron chi connectivity index (χ2n) is 5.61. The second-order valence-corrected chi connectivity index (χ2v) is 5.61. The Kier molecular flexibility index (Phi) is 5.59. The summed E-state index contributed by atoms with van der Waals surface area (Å²) in [5.74, 6) is 0.252. The maximum absolute atomic E-state index is 11.9. The van der Waals surface area contributed by atoms with E-state index in [2.05, 4.69) is 38.1 Å². The summed E-state index contributed by atoms with van der Waals surface area (Å²) in [5, 5.41) is 0. The molecule has 0 aliphatic carbocycles. The molecule has 2 heteroatoms. The van der Waals surface area contributed by atoms with Gasteiger partial charge in [0, 0.05) is 0 Å². The Morgan fingerprint density at radius 1 is 1.26 bits per heavy atom. The van der Waals surface area contributed by atoms with E-state index < -0.39 is 5.41 Å². The van der Waals surface area contributed by atoms with Crippen LogP contribution in [0.15, 0.2) is 24.3 Å². The number of rotatable bonds is 6. The van der Waals surface area contributed by atoms with Crippen molar-refractivity contribution in [3.8, 4) is 0 Å². The van der Waals surface area contributed by atoms with Crippen molar-refractivity contribution in [1.82, 2.24) is 0 Å². The molecule has 0 heterocycles. The topological polar surface area (TPSA) is 26.3 Å². The van der Waals surface area contributed by atoms with Gasteiger partial charge in [-0.1, -0.05) is 45.0 Å². The largest absolute Gasteiger partial charge is 0.469 e.